The van der Waals surface area contributed by atoms with Crippen LogP contribution < -0.4 is 10.7 Å². The molecule has 1 amide bonds. The molecule has 2 aliphatic heterocycles. The van der Waals surface area contributed by atoms with E-state index in [1.165, 1.54) is 12.1 Å². The van der Waals surface area contributed by atoms with Crippen LogP contribution in [0.1, 0.15) is 17.5 Å². The zero-order chi connectivity index (χ0) is 15.3. The Kier molecular flexibility index (Phi) is 2.74. The van der Waals surface area contributed by atoms with Gasteiger partial charge in [-0.25, -0.2) is 4.39 Å². The quantitative estimate of drug-likeness (QED) is 0.850. The number of carbonyl (C=O) groups is 1. The normalized spacial score (nSPS) is 22.3. The van der Waals surface area contributed by atoms with Gasteiger partial charge in [0, 0.05) is 17.7 Å². The summed E-state index contributed by atoms with van der Waals surface area (Å²) in [7, 11) is 0. The Labute approximate surface area is 131 Å². The molecular weight excluding hydrogens is 305 g/mol. The average molecular weight is 316 g/mol. The number of hydrazone groups is 1. The third-order valence-electron chi connectivity index (χ3n) is 4.09. The molecular formula is C16H11ClFN3O. The highest BCUT2D eigenvalue weighted by Crippen LogP contribution is 2.41. The molecule has 22 heavy (non-hydrogen) atoms. The molecule has 2 N–H and O–H groups in total. The smallest absolute Gasteiger partial charge is 0.256 e. The molecule has 110 valence electrons. The number of hydrogen-bond donors (Lipinski definition) is 2. The lowest BCUT2D eigenvalue weighted by molar-refractivity contribution is -0.121. The van der Waals surface area contributed by atoms with Gasteiger partial charge in [0.25, 0.3) is 5.91 Å². The number of fused-ring (bicyclic) bond motifs is 2. The molecule has 0 saturated heterocycles. The molecule has 6 heteroatoms. The zero-order valence-electron chi connectivity index (χ0n) is 11.4. The van der Waals surface area contributed by atoms with E-state index < -0.39 is 11.4 Å². The molecule has 2 heterocycles. The van der Waals surface area contributed by atoms with Crippen LogP contribution >= 0.6 is 11.6 Å². The summed E-state index contributed by atoms with van der Waals surface area (Å²) < 4.78 is 13.3. The first-order valence-corrected chi connectivity index (χ1v) is 7.18. The van der Waals surface area contributed by atoms with Gasteiger partial charge >= 0.3 is 0 Å². The van der Waals surface area contributed by atoms with E-state index in [9.17, 15) is 9.18 Å². The fourth-order valence-corrected chi connectivity index (χ4v) is 3.12. The minimum atomic E-state index is -0.896. The Morgan fingerprint density at radius 1 is 1.23 bits per heavy atom. The molecule has 2 aromatic carbocycles. The van der Waals surface area contributed by atoms with Gasteiger partial charge in [-0.05, 0) is 23.8 Å². The Balaban J connectivity index is 1.72. The summed E-state index contributed by atoms with van der Waals surface area (Å²) in [6.45, 7) is 0. The number of carbonyl (C=O) groups excluding carboxylic acids is 1. The minimum Gasteiger partial charge on any atom is -0.323 e. The Morgan fingerprint density at radius 3 is 2.86 bits per heavy atom. The summed E-state index contributed by atoms with van der Waals surface area (Å²) in [5.41, 5.74) is 5.09. The van der Waals surface area contributed by atoms with E-state index in [4.69, 9.17) is 11.6 Å². The van der Waals surface area contributed by atoms with E-state index in [2.05, 4.69) is 15.8 Å². The first-order chi connectivity index (χ1) is 10.6. The van der Waals surface area contributed by atoms with Crippen molar-refractivity contribution in [2.24, 2.45) is 5.10 Å². The molecule has 1 spiro atoms. The summed E-state index contributed by atoms with van der Waals surface area (Å²) in [6, 6.07) is 11.9. The van der Waals surface area contributed by atoms with Gasteiger partial charge in [0.05, 0.1) is 10.7 Å². The van der Waals surface area contributed by atoms with Crippen LogP contribution in [0.15, 0.2) is 47.6 Å². The summed E-state index contributed by atoms with van der Waals surface area (Å²) in [5, 5.41) is 7.19. The molecule has 2 aliphatic rings. The molecule has 2 aromatic rings. The number of nitrogens with zero attached hydrogens (tertiary/aromatic N) is 1. The van der Waals surface area contributed by atoms with E-state index in [1.807, 2.05) is 24.3 Å². The molecule has 0 aliphatic carbocycles. The van der Waals surface area contributed by atoms with Gasteiger partial charge in [-0.15, -0.1) is 0 Å². The third-order valence-corrected chi connectivity index (χ3v) is 4.38. The largest absolute Gasteiger partial charge is 0.323 e. The molecule has 0 saturated carbocycles. The van der Waals surface area contributed by atoms with Crippen LogP contribution in [-0.2, 0) is 10.3 Å². The molecule has 0 aromatic heterocycles. The highest BCUT2D eigenvalue weighted by Gasteiger charge is 2.50. The second kappa shape index (κ2) is 4.55. The maximum atomic E-state index is 13.3. The summed E-state index contributed by atoms with van der Waals surface area (Å²) in [6.07, 6.45) is 0.387. The fraction of sp³-hybridized carbons (Fsp3) is 0.125. The van der Waals surface area contributed by atoms with Gasteiger partial charge in [0.1, 0.15) is 5.82 Å². The molecule has 1 atom stereocenters. The number of halogens is 2. The van der Waals surface area contributed by atoms with Crippen LogP contribution in [0.4, 0.5) is 10.1 Å². The minimum absolute atomic E-state index is 0.0393. The van der Waals surface area contributed by atoms with E-state index in [-0.39, 0.29) is 10.9 Å². The molecule has 4 nitrogen and oxygen atoms in total. The number of benzene rings is 2. The summed E-state index contributed by atoms with van der Waals surface area (Å²) in [5.74, 6) is -0.615. The second-order valence-corrected chi connectivity index (χ2v) is 5.79. The molecule has 4 rings (SSSR count). The molecule has 0 fully saturated rings. The highest BCUT2D eigenvalue weighted by molar-refractivity contribution is 6.31. The van der Waals surface area contributed by atoms with E-state index in [0.29, 0.717) is 17.7 Å². The van der Waals surface area contributed by atoms with Crippen molar-refractivity contribution < 1.29 is 9.18 Å². The van der Waals surface area contributed by atoms with Crippen LogP contribution in [0.5, 0.6) is 0 Å². The Morgan fingerprint density at radius 2 is 2.05 bits per heavy atom. The lowest BCUT2D eigenvalue weighted by Crippen LogP contribution is -2.42. The van der Waals surface area contributed by atoms with Crippen molar-refractivity contribution in [3.8, 4) is 0 Å². The van der Waals surface area contributed by atoms with Crippen molar-refractivity contribution in [1.82, 2.24) is 5.43 Å². The number of rotatable bonds is 1. The fourth-order valence-electron chi connectivity index (χ4n) is 2.94. The lowest BCUT2D eigenvalue weighted by Gasteiger charge is -2.20. The topological polar surface area (TPSA) is 53.5 Å². The van der Waals surface area contributed by atoms with E-state index in [0.717, 1.165) is 11.3 Å². The van der Waals surface area contributed by atoms with Crippen molar-refractivity contribution >= 4 is 28.9 Å². The van der Waals surface area contributed by atoms with Gasteiger partial charge in [-0.1, -0.05) is 35.9 Å². The van der Waals surface area contributed by atoms with Gasteiger partial charge in [0.15, 0.2) is 5.54 Å². The van der Waals surface area contributed by atoms with E-state index >= 15 is 0 Å². The van der Waals surface area contributed by atoms with Gasteiger partial charge < -0.3 is 5.32 Å². The van der Waals surface area contributed by atoms with Crippen molar-refractivity contribution in [2.45, 2.75) is 12.0 Å². The SMILES string of the molecule is O=C1Nc2ccccc2C12CC(c1ccc(F)c(Cl)c1)=NN2. The Bertz CT molecular complexity index is 836. The molecule has 0 bridgehead atoms. The molecule has 1 unspecified atom stereocenters. The number of amides is 1. The molecule has 0 radical (unpaired) electrons. The van der Waals surface area contributed by atoms with Crippen LogP contribution in [-0.4, -0.2) is 11.6 Å². The number of para-hydroxylation sites is 1. The van der Waals surface area contributed by atoms with Gasteiger partial charge in [-0.2, -0.15) is 5.10 Å². The van der Waals surface area contributed by atoms with Crippen molar-refractivity contribution in [3.05, 3.63) is 64.4 Å². The van der Waals surface area contributed by atoms with E-state index in [1.54, 1.807) is 6.07 Å². The predicted octanol–water partition coefficient (Wildman–Crippen LogP) is 3.02. The van der Waals surface area contributed by atoms with Gasteiger partial charge in [0.2, 0.25) is 0 Å². The number of nitrogens with one attached hydrogen (secondary N) is 2. The Hall–Kier alpha value is -2.40. The maximum absolute atomic E-state index is 13.3. The maximum Gasteiger partial charge on any atom is 0.256 e. The standard InChI is InChI=1S/C16H11ClFN3O/c17-11-7-9(5-6-12(11)18)14-8-16(21-20-14)10-3-1-2-4-13(10)19-15(16)22/h1-7,21H,8H2,(H,19,22). The summed E-state index contributed by atoms with van der Waals surface area (Å²) in [4.78, 5) is 12.4. The second-order valence-electron chi connectivity index (χ2n) is 5.38. The average Bonchev–Trinajstić information content (AvgIpc) is 3.07. The predicted molar refractivity (Wildman–Crippen MR) is 82.4 cm³/mol. The van der Waals surface area contributed by atoms with Crippen molar-refractivity contribution in [1.29, 1.82) is 0 Å². The van der Waals surface area contributed by atoms with Crippen LogP contribution in [0.3, 0.4) is 0 Å². The zero-order valence-corrected chi connectivity index (χ0v) is 12.1. The first kappa shape index (κ1) is 13.3. The lowest BCUT2D eigenvalue weighted by atomic mass is 9.86. The highest BCUT2D eigenvalue weighted by atomic mass is 35.5. The third kappa shape index (κ3) is 1.75. The van der Waals surface area contributed by atoms with Crippen LogP contribution in [0.25, 0.3) is 0 Å². The first-order valence-electron chi connectivity index (χ1n) is 6.80. The van der Waals surface area contributed by atoms with Crippen LogP contribution in [0, 0.1) is 5.82 Å². The monoisotopic (exact) mass is 315 g/mol. The van der Waals surface area contributed by atoms with Crippen LogP contribution in [0.2, 0.25) is 5.02 Å². The van der Waals surface area contributed by atoms with Gasteiger partial charge in [-0.3, -0.25) is 10.2 Å². The van der Waals surface area contributed by atoms with Crippen molar-refractivity contribution in [2.75, 3.05) is 5.32 Å². The summed E-state index contributed by atoms with van der Waals surface area (Å²) >= 11 is 5.82. The van der Waals surface area contributed by atoms with Crippen molar-refractivity contribution in [3.63, 3.8) is 0 Å². The number of anilines is 1. The number of hydrogen-bond acceptors (Lipinski definition) is 3.